The standard InChI is InChI=1S/C11H13Cl2N3/c1-9(7-14)10(4-5-16(2)3)6-11(13)15-8-12/h4-6,8H,1-3H3/b5-4+,10-9+,11-6-,15-8+. The normalized spacial score (nSPS) is 14.1. The number of nitriles is 1. The lowest BCUT2D eigenvalue weighted by molar-refractivity contribution is 0.563. The summed E-state index contributed by atoms with van der Waals surface area (Å²) in [4.78, 5) is 5.54. The van der Waals surface area contributed by atoms with Gasteiger partial charge in [0.2, 0.25) is 0 Å². The van der Waals surface area contributed by atoms with Crippen LogP contribution in [0.1, 0.15) is 6.92 Å². The second-order valence-electron chi connectivity index (χ2n) is 3.17. The first-order valence-corrected chi connectivity index (χ1v) is 5.28. The number of hydrogen-bond acceptors (Lipinski definition) is 3. The van der Waals surface area contributed by atoms with Crippen molar-refractivity contribution in [3.63, 3.8) is 0 Å². The van der Waals surface area contributed by atoms with Crippen molar-refractivity contribution in [3.8, 4) is 6.07 Å². The van der Waals surface area contributed by atoms with E-state index in [2.05, 4.69) is 11.1 Å². The van der Waals surface area contributed by atoms with E-state index in [-0.39, 0.29) is 5.16 Å². The van der Waals surface area contributed by atoms with Crippen LogP contribution in [0.4, 0.5) is 0 Å². The SMILES string of the molecule is C/C(C#N)=C(/C=C/N(C)C)\C=C(Cl)/N=C/Cl. The molecule has 5 heteroatoms. The topological polar surface area (TPSA) is 39.4 Å². The molecule has 0 fully saturated rings. The molecule has 0 heterocycles. The molecule has 0 unspecified atom stereocenters. The maximum atomic E-state index is 8.82. The molecule has 86 valence electrons. The Morgan fingerprint density at radius 1 is 1.44 bits per heavy atom. The summed E-state index contributed by atoms with van der Waals surface area (Å²) in [6.45, 7) is 1.71. The molecule has 0 saturated heterocycles. The van der Waals surface area contributed by atoms with Crippen molar-refractivity contribution in [2.75, 3.05) is 14.1 Å². The van der Waals surface area contributed by atoms with Gasteiger partial charge in [0.05, 0.1) is 11.7 Å². The van der Waals surface area contributed by atoms with E-state index in [4.69, 9.17) is 28.5 Å². The van der Waals surface area contributed by atoms with Gasteiger partial charge in [-0.3, -0.25) is 0 Å². The third kappa shape index (κ3) is 6.28. The van der Waals surface area contributed by atoms with Gasteiger partial charge in [0.25, 0.3) is 0 Å². The number of aliphatic imine (C=N–C) groups is 1. The van der Waals surface area contributed by atoms with Gasteiger partial charge < -0.3 is 4.90 Å². The van der Waals surface area contributed by atoms with Gasteiger partial charge in [-0.1, -0.05) is 23.2 Å². The van der Waals surface area contributed by atoms with Crippen LogP contribution in [0.2, 0.25) is 0 Å². The van der Waals surface area contributed by atoms with Gasteiger partial charge in [-0.15, -0.1) is 0 Å². The summed E-state index contributed by atoms with van der Waals surface area (Å²) in [5.74, 6) is 0. The summed E-state index contributed by atoms with van der Waals surface area (Å²) in [6, 6.07) is 2.06. The maximum Gasteiger partial charge on any atom is 0.130 e. The monoisotopic (exact) mass is 257 g/mol. The summed E-state index contributed by atoms with van der Waals surface area (Å²) in [5.41, 5.74) is 2.33. The van der Waals surface area contributed by atoms with E-state index in [1.807, 2.05) is 25.2 Å². The van der Waals surface area contributed by atoms with Crippen molar-refractivity contribution >= 4 is 28.9 Å². The predicted octanol–water partition coefficient (Wildman–Crippen LogP) is 3.25. The second kappa shape index (κ2) is 7.98. The first-order valence-electron chi connectivity index (χ1n) is 4.46. The highest BCUT2D eigenvalue weighted by Crippen LogP contribution is 2.13. The summed E-state index contributed by atoms with van der Waals surface area (Å²) in [6.07, 6.45) is 5.19. The average molecular weight is 258 g/mol. The summed E-state index contributed by atoms with van der Waals surface area (Å²) in [5, 5.41) is 9.05. The minimum atomic E-state index is 0.225. The van der Waals surface area contributed by atoms with Crippen LogP contribution in [0.5, 0.6) is 0 Å². The van der Waals surface area contributed by atoms with Gasteiger partial charge in [0.1, 0.15) is 5.16 Å². The minimum absolute atomic E-state index is 0.225. The Morgan fingerprint density at radius 3 is 2.50 bits per heavy atom. The van der Waals surface area contributed by atoms with E-state index in [9.17, 15) is 0 Å². The Hall–Kier alpha value is -1.24. The molecule has 0 rings (SSSR count). The van der Waals surface area contributed by atoms with Crippen LogP contribution in [0.3, 0.4) is 0 Å². The molecule has 0 bridgehead atoms. The Kier molecular flexibility index (Phi) is 7.36. The lowest BCUT2D eigenvalue weighted by atomic mass is 10.1. The first-order chi connectivity index (χ1) is 7.51. The highest BCUT2D eigenvalue weighted by atomic mass is 35.5. The lowest BCUT2D eigenvalue weighted by Crippen LogP contribution is -2.00. The summed E-state index contributed by atoms with van der Waals surface area (Å²) < 4.78 is 0. The Morgan fingerprint density at radius 2 is 2.06 bits per heavy atom. The van der Waals surface area contributed by atoms with E-state index in [0.717, 1.165) is 5.67 Å². The smallest absolute Gasteiger partial charge is 0.130 e. The fraction of sp³-hybridized carbons (Fsp3) is 0.273. The molecule has 0 atom stereocenters. The molecule has 0 aliphatic rings. The Bertz CT molecular complexity index is 385. The zero-order chi connectivity index (χ0) is 12.6. The van der Waals surface area contributed by atoms with Crippen LogP contribution in [0.25, 0.3) is 0 Å². The zero-order valence-corrected chi connectivity index (χ0v) is 10.9. The highest BCUT2D eigenvalue weighted by molar-refractivity contribution is 6.56. The number of nitrogens with zero attached hydrogens (tertiary/aromatic N) is 3. The molecule has 0 amide bonds. The van der Waals surface area contributed by atoms with Gasteiger partial charge in [-0.2, -0.15) is 5.26 Å². The Balaban J connectivity index is 5.16. The van der Waals surface area contributed by atoms with Crippen LogP contribution in [0.15, 0.2) is 39.6 Å². The van der Waals surface area contributed by atoms with Gasteiger partial charge in [0, 0.05) is 19.7 Å². The van der Waals surface area contributed by atoms with E-state index in [1.165, 1.54) is 0 Å². The second-order valence-corrected chi connectivity index (χ2v) is 3.75. The molecule has 0 aromatic carbocycles. The van der Waals surface area contributed by atoms with Crippen LogP contribution in [-0.2, 0) is 0 Å². The maximum absolute atomic E-state index is 8.82. The molecule has 0 saturated carbocycles. The van der Waals surface area contributed by atoms with Gasteiger partial charge in [0.15, 0.2) is 0 Å². The predicted molar refractivity (Wildman–Crippen MR) is 69.4 cm³/mol. The number of hydrogen-bond donors (Lipinski definition) is 0. The Labute approximate surface area is 106 Å². The molecule has 0 aliphatic carbocycles. The molecule has 0 radical (unpaired) electrons. The van der Waals surface area contributed by atoms with E-state index in [1.54, 1.807) is 19.1 Å². The van der Waals surface area contributed by atoms with E-state index < -0.39 is 0 Å². The lowest BCUT2D eigenvalue weighted by Gasteiger charge is -2.04. The highest BCUT2D eigenvalue weighted by Gasteiger charge is 1.97. The molecule has 16 heavy (non-hydrogen) atoms. The average Bonchev–Trinajstić information content (AvgIpc) is 2.23. The molecule has 0 aliphatic heterocycles. The third-order valence-corrected chi connectivity index (χ3v) is 1.90. The van der Waals surface area contributed by atoms with Gasteiger partial charge >= 0.3 is 0 Å². The van der Waals surface area contributed by atoms with Crippen molar-refractivity contribution in [3.05, 3.63) is 34.7 Å². The number of halogens is 2. The number of rotatable bonds is 4. The number of allylic oxidation sites excluding steroid dienone is 4. The molecular weight excluding hydrogens is 245 g/mol. The van der Waals surface area contributed by atoms with Crippen molar-refractivity contribution in [2.45, 2.75) is 6.92 Å². The summed E-state index contributed by atoms with van der Waals surface area (Å²) in [7, 11) is 3.77. The van der Waals surface area contributed by atoms with E-state index >= 15 is 0 Å². The van der Waals surface area contributed by atoms with Crippen LogP contribution in [0, 0.1) is 11.3 Å². The van der Waals surface area contributed by atoms with Crippen LogP contribution in [-0.4, -0.2) is 24.7 Å². The van der Waals surface area contributed by atoms with Crippen LogP contribution >= 0.6 is 23.2 Å². The van der Waals surface area contributed by atoms with Crippen LogP contribution < -0.4 is 0 Å². The molecule has 0 aromatic rings. The fourth-order valence-electron chi connectivity index (χ4n) is 0.787. The largest absolute Gasteiger partial charge is 0.383 e. The molecule has 0 N–H and O–H groups in total. The quantitative estimate of drug-likeness (QED) is 0.336. The van der Waals surface area contributed by atoms with E-state index in [0.29, 0.717) is 11.1 Å². The van der Waals surface area contributed by atoms with Crippen molar-refractivity contribution in [2.24, 2.45) is 4.99 Å². The molecule has 3 nitrogen and oxygen atoms in total. The zero-order valence-electron chi connectivity index (χ0n) is 9.41. The van der Waals surface area contributed by atoms with Crippen molar-refractivity contribution in [1.82, 2.24) is 4.90 Å². The first kappa shape index (κ1) is 14.8. The third-order valence-electron chi connectivity index (χ3n) is 1.60. The van der Waals surface area contributed by atoms with Crippen molar-refractivity contribution < 1.29 is 0 Å². The van der Waals surface area contributed by atoms with Gasteiger partial charge in [-0.05, 0) is 30.8 Å². The summed E-state index contributed by atoms with van der Waals surface area (Å²) >= 11 is 11.1. The molecule has 0 aromatic heterocycles. The molecule has 0 spiro atoms. The fourth-order valence-corrected chi connectivity index (χ4v) is 1.11. The van der Waals surface area contributed by atoms with Crippen molar-refractivity contribution in [1.29, 1.82) is 5.26 Å². The van der Waals surface area contributed by atoms with Gasteiger partial charge in [-0.25, -0.2) is 4.99 Å². The molecular formula is C11H13Cl2N3. The minimum Gasteiger partial charge on any atom is -0.383 e.